The molecule has 1 aliphatic rings. The summed E-state index contributed by atoms with van der Waals surface area (Å²) in [7, 11) is -3.37. The van der Waals surface area contributed by atoms with E-state index in [1.807, 2.05) is 45.0 Å². The molecule has 1 aliphatic heterocycles. The molecule has 0 aliphatic carbocycles. The third-order valence-electron chi connectivity index (χ3n) is 3.74. The van der Waals surface area contributed by atoms with Crippen LogP contribution in [0.25, 0.3) is 0 Å². The van der Waals surface area contributed by atoms with Crippen LogP contribution < -0.4 is 11.1 Å². The van der Waals surface area contributed by atoms with Crippen molar-refractivity contribution in [2.75, 3.05) is 26.3 Å². The molecule has 1 aromatic carbocycles. The van der Waals surface area contributed by atoms with Crippen LogP contribution >= 0.6 is 24.0 Å². The molecule has 1 aromatic rings. The highest BCUT2D eigenvalue weighted by atomic mass is 127. The summed E-state index contributed by atoms with van der Waals surface area (Å²) < 4.78 is 32.0. The van der Waals surface area contributed by atoms with Gasteiger partial charge in [-0.3, -0.25) is 0 Å². The number of hydrogen-bond donors (Lipinski definition) is 2. The minimum atomic E-state index is -3.37. The first-order valence-electron chi connectivity index (χ1n) is 8.38. The molecular weight excluding hydrogens is 467 g/mol. The highest BCUT2D eigenvalue weighted by Crippen LogP contribution is 2.17. The first-order valence-corrected chi connectivity index (χ1v) is 9.99. The number of ether oxygens (including phenoxy) is 1. The Bertz CT molecular complexity index is 711. The first-order chi connectivity index (χ1) is 11.7. The Kier molecular flexibility index (Phi) is 8.77. The van der Waals surface area contributed by atoms with Crippen molar-refractivity contribution in [2.24, 2.45) is 10.7 Å². The predicted octanol–water partition coefficient (Wildman–Crippen LogP) is 1.67. The summed E-state index contributed by atoms with van der Waals surface area (Å²) in [5.74, 6) is 0.309. The fourth-order valence-electron chi connectivity index (χ4n) is 2.56. The molecule has 9 heteroatoms. The number of nitrogens with zero attached hydrogens (tertiary/aromatic N) is 2. The third kappa shape index (κ3) is 7.37. The van der Waals surface area contributed by atoms with Crippen molar-refractivity contribution in [3.63, 3.8) is 0 Å². The average Bonchev–Trinajstić information content (AvgIpc) is 2.53. The lowest BCUT2D eigenvalue weighted by Gasteiger charge is -2.26. The molecule has 2 rings (SSSR count). The molecule has 1 saturated heterocycles. The summed E-state index contributed by atoms with van der Waals surface area (Å²) in [5.41, 5.74) is 7.34. The zero-order valence-corrected chi connectivity index (χ0v) is 18.7. The van der Waals surface area contributed by atoms with E-state index in [2.05, 4.69) is 10.3 Å². The maximum atomic E-state index is 12.6. The Morgan fingerprint density at radius 1 is 1.23 bits per heavy atom. The first kappa shape index (κ1) is 23.1. The molecule has 148 valence electrons. The number of morpholine rings is 1. The predicted molar refractivity (Wildman–Crippen MR) is 115 cm³/mol. The van der Waals surface area contributed by atoms with Crippen LogP contribution in [0.4, 0.5) is 0 Å². The monoisotopic (exact) mass is 496 g/mol. The van der Waals surface area contributed by atoms with Gasteiger partial charge in [-0.05, 0) is 31.9 Å². The minimum Gasteiger partial charge on any atom is -0.379 e. The maximum Gasteiger partial charge on any atom is 0.218 e. The van der Waals surface area contributed by atoms with Crippen LogP contribution in [0.3, 0.4) is 0 Å². The fraction of sp³-hybridized carbons (Fsp3) is 0.588. The van der Waals surface area contributed by atoms with Crippen LogP contribution in [0.1, 0.15) is 31.9 Å². The maximum absolute atomic E-state index is 12.6. The smallest absolute Gasteiger partial charge is 0.218 e. The number of nitrogens with one attached hydrogen (secondary N) is 1. The zero-order chi connectivity index (χ0) is 18.5. The quantitative estimate of drug-likeness (QED) is 0.367. The number of hydrogen-bond acceptors (Lipinski definition) is 4. The molecule has 0 saturated carbocycles. The number of halogens is 1. The standard InChI is InChI=1S/C17H28N4O3S.HI/c1-17(2,3)20-16(18)19-12-14-6-4-5-7-15(14)13-25(22,23)21-8-10-24-11-9-21;/h4-7H,8-13H2,1-3H3,(H3,18,19,20);1H. The van der Waals surface area contributed by atoms with E-state index in [-0.39, 0.29) is 35.3 Å². The van der Waals surface area contributed by atoms with Crippen molar-refractivity contribution in [1.82, 2.24) is 9.62 Å². The fourth-order valence-corrected chi connectivity index (χ4v) is 4.12. The van der Waals surface area contributed by atoms with Gasteiger partial charge in [0, 0.05) is 18.6 Å². The third-order valence-corrected chi connectivity index (χ3v) is 5.57. The van der Waals surface area contributed by atoms with Gasteiger partial charge in [-0.15, -0.1) is 24.0 Å². The molecule has 0 spiro atoms. The van der Waals surface area contributed by atoms with Crippen molar-refractivity contribution in [2.45, 2.75) is 38.6 Å². The molecule has 0 bridgehead atoms. The molecule has 26 heavy (non-hydrogen) atoms. The lowest BCUT2D eigenvalue weighted by molar-refractivity contribution is 0.0729. The van der Waals surface area contributed by atoms with E-state index >= 15 is 0 Å². The summed E-state index contributed by atoms with van der Waals surface area (Å²) in [6, 6.07) is 7.44. The Hall–Kier alpha value is -0.910. The van der Waals surface area contributed by atoms with E-state index in [0.717, 1.165) is 11.1 Å². The van der Waals surface area contributed by atoms with Crippen LogP contribution in [0, 0.1) is 0 Å². The van der Waals surface area contributed by atoms with E-state index in [4.69, 9.17) is 10.5 Å². The molecule has 0 unspecified atom stereocenters. The second-order valence-electron chi connectivity index (χ2n) is 7.11. The summed E-state index contributed by atoms with van der Waals surface area (Å²) in [6.07, 6.45) is 0. The SMILES string of the molecule is CC(C)(C)NC(N)=NCc1ccccc1CS(=O)(=O)N1CCOCC1.I. The summed E-state index contributed by atoms with van der Waals surface area (Å²) in [6.45, 7) is 8.04. The van der Waals surface area contributed by atoms with Crippen molar-refractivity contribution >= 4 is 40.0 Å². The van der Waals surface area contributed by atoms with E-state index in [9.17, 15) is 8.42 Å². The van der Waals surface area contributed by atoms with Gasteiger partial charge in [0.25, 0.3) is 0 Å². The van der Waals surface area contributed by atoms with Crippen LogP contribution in [0.2, 0.25) is 0 Å². The van der Waals surface area contributed by atoms with Crippen LogP contribution in [0.5, 0.6) is 0 Å². The van der Waals surface area contributed by atoms with Crippen molar-refractivity contribution in [3.8, 4) is 0 Å². The molecule has 1 fully saturated rings. The van der Waals surface area contributed by atoms with Gasteiger partial charge in [0.15, 0.2) is 5.96 Å². The lowest BCUT2D eigenvalue weighted by Crippen LogP contribution is -2.45. The van der Waals surface area contributed by atoms with Gasteiger partial charge < -0.3 is 15.8 Å². The number of sulfonamides is 1. The average molecular weight is 496 g/mol. The number of aliphatic imine (C=N–C) groups is 1. The zero-order valence-electron chi connectivity index (χ0n) is 15.6. The molecule has 0 amide bonds. The van der Waals surface area contributed by atoms with Gasteiger partial charge in [0.05, 0.1) is 25.5 Å². The number of guanidine groups is 1. The van der Waals surface area contributed by atoms with E-state index in [1.165, 1.54) is 4.31 Å². The Morgan fingerprint density at radius 3 is 2.38 bits per heavy atom. The highest BCUT2D eigenvalue weighted by Gasteiger charge is 2.25. The van der Waals surface area contributed by atoms with Gasteiger partial charge in [-0.25, -0.2) is 13.4 Å². The van der Waals surface area contributed by atoms with E-state index in [0.29, 0.717) is 38.8 Å². The van der Waals surface area contributed by atoms with Crippen LogP contribution in [-0.2, 0) is 27.1 Å². The van der Waals surface area contributed by atoms with Crippen molar-refractivity contribution < 1.29 is 13.2 Å². The summed E-state index contributed by atoms with van der Waals surface area (Å²) in [5, 5.41) is 3.10. The van der Waals surface area contributed by atoms with E-state index in [1.54, 1.807) is 0 Å². The van der Waals surface area contributed by atoms with Gasteiger partial charge in [0.2, 0.25) is 10.0 Å². The Morgan fingerprint density at radius 2 is 1.81 bits per heavy atom. The highest BCUT2D eigenvalue weighted by molar-refractivity contribution is 14.0. The van der Waals surface area contributed by atoms with Crippen LogP contribution in [-0.4, -0.2) is 50.5 Å². The minimum absolute atomic E-state index is 0. The normalized spacial score (nSPS) is 16.8. The molecule has 1 heterocycles. The summed E-state index contributed by atoms with van der Waals surface area (Å²) >= 11 is 0. The topological polar surface area (TPSA) is 97.0 Å². The van der Waals surface area contributed by atoms with Gasteiger partial charge in [-0.1, -0.05) is 24.3 Å². The Balaban J connectivity index is 0.00000338. The van der Waals surface area contributed by atoms with Crippen molar-refractivity contribution in [3.05, 3.63) is 35.4 Å². The van der Waals surface area contributed by atoms with Crippen molar-refractivity contribution in [1.29, 1.82) is 0 Å². The molecule has 7 nitrogen and oxygen atoms in total. The number of benzene rings is 1. The van der Waals surface area contributed by atoms with Gasteiger partial charge in [-0.2, -0.15) is 4.31 Å². The molecule has 0 radical (unpaired) electrons. The van der Waals surface area contributed by atoms with E-state index < -0.39 is 10.0 Å². The molecule has 0 aromatic heterocycles. The molecular formula is C17H29IN4O3S. The second kappa shape index (κ2) is 9.86. The molecule has 0 atom stereocenters. The number of rotatable bonds is 5. The summed E-state index contributed by atoms with van der Waals surface area (Å²) in [4.78, 5) is 4.34. The van der Waals surface area contributed by atoms with Crippen LogP contribution in [0.15, 0.2) is 29.3 Å². The largest absolute Gasteiger partial charge is 0.379 e. The second-order valence-corrected chi connectivity index (χ2v) is 9.08. The lowest BCUT2D eigenvalue weighted by atomic mass is 10.1. The number of nitrogens with two attached hydrogens (primary N) is 1. The van der Waals surface area contributed by atoms with Gasteiger partial charge in [0.1, 0.15) is 0 Å². The Labute approximate surface area is 173 Å². The molecule has 3 N–H and O–H groups in total. The van der Waals surface area contributed by atoms with Gasteiger partial charge >= 0.3 is 0 Å².